The van der Waals surface area contributed by atoms with Crippen LogP contribution in [0.3, 0.4) is 0 Å². The Morgan fingerprint density at radius 2 is 2.18 bits per heavy atom. The molecule has 0 aliphatic heterocycles. The molecule has 0 amide bonds. The number of rotatable bonds is 7. The summed E-state index contributed by atoms with van der Waals surface area (Å²) < 4.78 is 14.3. The summed E-state index contributed by atoms with van der Waals surface area (Å²) in [6.07, 6.45) is 2.81. The fourth-order valence-corrected chi connectivity index (χ4v) is 2.04. The number of benzene rings is 1. The summed E-state index contributed by atoms with van der Waals surface area (Å²) in [6, 6.07) is 5.31. The van der Waals surface area contributed by atoms with Gasteiger partial charge >= 0.3 is 0 Å². The van der Waals surface area contributed by atoms with Crippen molar-refractivity contribution in [1.29, 1.82) is 0 Å². The first-order valence-electron chi connectivity index (χ1n) is 6.00. The van der Waals surface area contributed by atoms with Crippen molar-refractivity contribution in [3.05, 3.63) is 34.1 Å². The van der Waals surface area contributed by atoms with Crippen molar-refractivity contribution in [3.63, 3.8) is 0 Å². The van der Waals surface area contributed by atoms with Crippen LogP contribution >= 0.6 is 15.9 Å². The predicted octanol–water partition coefficient (Wildman–Crippen LogP) is 2.85. The molecule has 4 heteroatoms. The monoisotopic (exact) mass is 302 g/mol. The summed E-state index contributed by atoms with van der Waals surface area (Å²) in [6.45, 7) is 3.75. The fourth-order valence-electron chi connectivity index (χ4n) is 1.63. The van der Waals surface area contributed by atoms with Gasteiger partial charge in [-0.2, -0.15) is 0 Å². The van der Waals surface area contributed by atoms with Crippen molar-refractivity contribution >= 4 is 15.9 Å². The van der Waals surface area contributed by atoms with E-state index in [4.69, 9.17) is 5.73 Å². The minimum atomic E-state index is -0.134. The number of halogens is 2. The molecule has 1 atom stereocenters. The van der Waals surface area contributed by atoms with Gasteiger partial charge in [-0.25, -0.2) is 4.39 Å². The first-order valence-corrected chi connectivity index (χ1v) is 6.79. The van der Waals surface area contributed by atoms with Crippen LogP contribution in [-0.2, 0) is 6.42 Å². The van der Waals surface area contributed by atoms with Crippen LogP contribution in [0.5, 0.6) is 0 Å². The third kappa shape index (κ3) is 6.15. The molecule has 17 heavy (non-hydrogen) atoms. The Morgan fingerprint density at radius 3 is 2.88 bits per heavy atom. The Kier molecular flexibility index (Phi) is 6.70. The second-order valence-corrected chi connectivity index (χ2v) is 5.27. The van der Waals surface area contributed by atoms with E-state index < -0.39 is 0 Å². The molecule has 0 bridgehead atoms. The third-order valence-electron chi connectivity index (χ3n) is 2.59. The van der Waals surface area contributed by atoms with Crippen LogP contribution in [0.15, 0.2) is 22.7 Å². The molecule has 2 nitrogen and oxygen atoms in total. The first-order chi connectivity index (χ1) is 8.09. The van der Waals surface area contributed by atoms with E-state index in [1.165, 1.54) is 6.07 Å². The minimum Gasteiger partial charge on any atom is -0.328 e. The quantitative estimate of drug-likeness (QED) is 0.760. The molecule has 1 aromatic carbocycles. The van der Waals surface area contributed by atoms with Crippen LogP contribution in [0.25, 0.3) is 0 Å². The summed E-state index contributed by atoms with van der Waals surface area (Å²) in [5, 5.41) is 3.30. The van der Waals surface area contributed by atoms with Gasteiger partial charge in [0.15, 0.2) is 0 Å². The molecule has 1 unspecified atom stereocenters. The number of hydrogen-bond acceptors (Lipinski definition) is 2. The SMILES string of the molecule is CC(N)CCCNCCc1cc(Br)ccc1F. The maximum absolute atomic E-state index is 13.4. The Hall–Kier alpha value is -0.450. The minimum absolute atomic E-state index is 0.134. The highest BCUT2D eigenvalue weighted by atomic mass is 79.9. The average Bonchev–Trinajstić information content (AvgIpc) is 2.27. The van der Waals surface area contributed by atoms with Gasteiger partial charge in [-0.1, -0.05) is 15.9 Å². The molecule has 1 aromatic rings. The Bertz CT molecular complexity index is 342. The molecule has 0 saturated carbocycles. The van der Waals surface area contributed by atoms with E-state index in [2.05, 4.69) is 21.2 Å². The summed E-state index contributed by atoms with van der Waals surface area (Å²) in [7, 11) is 0. The zero-order chi connectivity index (χ0) is 12.7. The zero-order valence-corrected chi connectivity index (χ0v) is 11.8. The number of nitrogens with two attached hydrogens (primary N) is 1. The van der Waals surface area contributed by atoms with Crippen molar-refractivity contribution in [2.24, 2.45) is 5.73 Å². The lowest BCUT2D eigenvalue weighted by atomic mass is 10.1. The van der Waals surface area contributed by atoms with E-state index in [1.54, 1.807) is 6.07 Å². The number of nitrogens with one attached hydrogen (secondary N) is 1. The average molecular weight is 303 g/mol. The smallest absolute Gasteiger partial charge is 0.126 e. The molecule has 0 heterocycles. The van der Waals surface area contributed by atoms with Crippen LogP contribution in [0.2, 0.25) is 0 Å². The van der Waals surface area contributed by atoms with E-state index >= 15 is 0 Å². The molecular weight excluding hydrogens is 283 g/mol. The standard InChI is InChI=1S/C13H20BrFN2/c1-10(16)3-2-7-17-8-6-11-9-12(14)4-5-13(11)15/h4-5,9-10,17H,2-3,6-8,16H2,1H3. The summed E-state index contributed by atoms with van der Waals surface area (Å²) in [5.74, 6) is -0.134. The highest BCUT2D eigenvalue weighted by Crippen LogP contribution is 2.15. The summed E-state index contributed by atoms with van der Waals surface area (Å²) in [4.78, 5) is 0. The molecule has 0 aliphatic rings. The van der Waals surface area contributed by atoms with Gasteiger partial charge in [0.2, 0.25) is 0 Å². The highest BCUT2D eigenvalue weighted by molar-refractivity contribution is 9.10. The molecule has 1 rings (SSSR count). The maximum Gasteiger partial charge on any atom is 0.126 e. The Labute approximate surface area is 111 Å². The molecule has 0 saturated heterocycles. The van der Waals surface area contributed by atoms with Gasteiger partial charge < -0.3 is 11.1 Å². The molecular formula is C13H20BrFN2. The highest BCUT2D eigenvalue weighted by Gasteiger charge is 2.02. The zero-order valence-electron chi connectivity index (χ0n) is 10.2. The lowest BCUT2D eigenvalue weighted by Gasteiger charge is -2.07. The second kappa shape index (κ2) is 7.80. The summed E-state index contributed by atoms with van der Waals surface area (Å²) >= 11 is 3.35. The van der Waals surface area contributed by atoms with E-state index in [0.29, 0.717) is 6.42 Å². The van der Waals surface area contributed by atoms with E-state index in [9.17, 15) is 4.39 Å². The van der Waals surface area contributed by atoms with Crippen LogP contribution in [0.4, 0.5) is 4.39 Å². The van der Waals surface area contributed by atoms with Crippen molar-refractivity contribution in [1.82, 2.24) is 5.32 Å². The Morgan fingerprint density at radius 1 is 1.41 bits per heavy atom. The van der Waals surface area contributed by atoms with Gasteiger partial charge in [-0.3, -0.25) is 0 Å². The van der Waals surface area contributed by atoms with Crippen molar-refractivity contribution < 1.29 is 4.39 Å². The normalized spacial score (nSPS) is 12.7. The van der Waals surface area contributed by atoms with Gasteiger partial charge in [0, 0.05) is 10.5 Å². The fraction of sp³-hybridized carbons (Fsp3) is 0.538. The topological polar surface area (TPSA) is 38.0 Å². The third-order valence-corrected chi connectivity index (χ3v) is 3.09. The van der Waals surface area contributed by atoms with Crippen LogP contribution < -0.4 is 11.1 Å². The molecule has 96 valence electrons. The molecule has 3 N–H and O–H groups in total. The van der Waals surface area contributed by atoms with Gasteiger partial charge in [0.05, 0.1) is 0 Å². The van der Waals surface area contributed by atoms with Crippen LogP contribution in [0, 0.1) is 5.82 Å². The molecule has 0 spiro atoms. The predicted molar refractivity (Wildman–Crippen MR) is 73.6 cm³/mol. The van der Waals surface area contributed by atoms with Crippen molar-refractivity contribution in [2.45, 2.75) is 32.2 Å². The first kappa shape index (κ1) is 14.6. The van der Waals surface area contributed by atoms with Gasteiger partial charge in [-0.05, 0) is 63.0 Å². The van der Waals surface area contributed by atoms with Crippen LogP contribution in [-0.4, -0.2) is 19.1 Å². The number of hydrogen-bond donors (Lipinski definition) is 2. The lowest BCUT2D eigenvalue weighted by Crippen LogP contribution is -2.22. The van der Waals surface area contributed by atoms with Gasteiger partial charge in [-0.15, -0.1) is 0 Å². The maximum atomic E-state index is 13.4. The molecule has 0 aliphatic carbocycles. The van der Waals surface area contributed by atoms with Gasteiger partial charge in [0.1, 0.15) is 5.82 Å². The lowest BCUT2D eigenvalue weighted by molar-refractivity contribution is 0.565. The molecule has 0 fully saturated rings. The summed E-state index contributed by atoms with van der Waals surface area (Å²) in [5.41, 5.74) is 6.40. The van der Waals surface area contributed by atoms with Crippen molar-refractivity contribution in [2.75, 3.05) is 13.1 Å². The largest absolute Gasteiger partial charge is 0.328 e. The van der Waals surface area contributed by atoms with Crippen molar-refractivity contribution in [3.8, 4) is 0 Å². The second-order valence-electron chi connectivity index (χ2n) is 4.36. The molecule has 0 radical (unpaired) electrons. The van der Waals surface area contributed by atoms with E-state index in [1.807, 2.05) is 13.0 Å². The van der Waals surface area contributed by atoms with E-state index in [-0.39, 0.29) is 11.9 Å². The molecule has 0 aromatic heterocycles. The van der Waals surface area contributed by atoms with Gasteiger partial charge in [0.25, 0.3) is 0 Å². The Balaban J connectivity index is 2.20. The van der Waals surface area contributed by atoms with Crippen LogP contribution in [0.1, 0.15) is 25.3 Å². The van der Waals surface area contributed by atoms with E-state index in [0.717, 1.165) is 36.0 Å².